The van der Waals surface area contributed by atoms with Crippen LogP contribution in [0.15, 0.2) is 133 Å². The third kappa shape index (κ3) is 12.0. The Morgan fingerprint density at radius 2 is 0.776 bits per heavy atom. The molecule has 1 aliphatic carbocycles. The monoisotopic (exact) mass is 911 g/mol. The van der Waals surface area contributed by atoms with Crippen molar-refractivity contribution in [3.8, 4) is 67.1 Å². The first-order valence-electron chi connectivity index (χ1n) is 25.3. The molecular formula is C61H70F4O2. The number of hydrogen-bond acceptors (Lipinski definition) is 2. The van der Waals surface area contributed by atoms with Gasteiger partial charge < -0.3 is 9.84 Å². The summed E-state index contributed by atoms with van der Waals surface area (Å²) in [6, 6.07) is 42.2. The van der Waals surface area contributed by atoms with Gasteiger partial charge in [0.2, 0.25) is 5.92 Å². The van der Waals surface area contributed by atoms with Crippen LogP contribution in [0.1, 0.15) is 147 Å². The summed E-state index contributed by atoms with van der Waals surface area (Å²) in [5.41, 5.74) is 6.44. The Morgan fingerprint density at radius 3 is 1.25 bits per heavy atom. The van der Waals surface area contributed by atoms with E-state index in [1.54, 1.807) is 24.3 Å². The highest BCUT2D eigenvalue weighted by molar-refractivity contribution is 5.87. The molecule has 1 unspecified atom stereocenters. The predicted octanol–water partition coefficient (Wildman–Crippen LogP) is 19.1. The molecule has 1 atom stereocenters. The fraction of sp³-hybridized carbons (Fsp3) is 0.410. The van der Waals surface area contributed by atoms with Gasteiger partial charge in [0.1, 0.15) is 11.5 Å². The molecule has 0 spiro atoms. The van der Waals surface area contributed by atoms with Crippen LogP contribution >= 0.6 is 0 Å². The average molecular weight is 911 g/mol. The van der Waals surface area contributed by atoms with Crippen molar-refractivity contribution in [2.45, 2.75) is 154 Å². The van der Waals surface area contributed by atoms with Crippen LogP contribution < -0.4 is 4.74 Å². The van der Waals surface area contributed by atoms with Gasteiger partial charge in [-0.05, 0) is 122 Å². The zero-order chi connectivity index (χ0) is 47.3. The first-order chi connectivity index (χ1) is 32.5. The number of benzene rings is 6. The minimum Gasteiger partial charge on any atom is -0.508 e. The van der Waals surface area contributed by atoms with Gasteiger partial charge in [-0.15, -0.1) is 0 Å². The molecule has 0 aromatic heterocycles. The van der Waals surface area contributed by atoms with Gasteiger partial charge in [0, 0.05) is 19.3 Å². The highest BCUT2D eigenvalue weighted by Crippen LogP contribution is 2.62. The van der Waals surface area contributed by atoms with Crippen LogP contribution in [0.4, 0.5) is 17.6 Å². The summed E-state index contributed by atoms with van der Waals surface area (Å²) in [7, 11) is 0. The molecule has 0 heterocycles. The minimum absolute atomic E-state index is 0.180. The van der Waals surface area contributed by atoms with Crippen LogP contribution in [0, 0.1) is 0 Å². The molecule has 0 amide bonds. The molecule has 6 aromatic rings. The number of ether oxygens (including phenoxy) is 1. The molecule has 6 aromatic carbocycles. The Bertz CT molecular complexity index is 2460. The molecular weight excluding hydrogens is 841 g/mol. The lowest BCUT2D eigenvalue weighted by Crippen LogP contribution is -2.49. The number of rotatable bonds is 26. The van der Waals surface area contributed by atoms with Gasteiger partial charge in [0.15, 0.2) is 0 Å². The molecule has 0 aliphatic heterocycles. The first-order valence-corrected chi connectivity index (χ1v) is 25.3. The summed E-state index contributed by atoms with van der Waals surface area (Å²) < 4.78 is 75.7. The zero-order valence-corrected chi connectivity index (χ0v) is 40.0. The lowest BCUT2D eigenvalue weighted by molar-refractivity contribution is -0.118. The number of halogens is 4. The van der Waals surface area contributed by atoms with Gasteiger partial charge in [0.25, 0.3) is 5.92 Å². The molecule has 0 saturated carbocycles. The van der Waals surface area contributed by atoms with Gasteiger partial charge in [0.05, 0.1) is 12.0 Å². The molecule has 354 valence electrons. The molecule has 7 rings (SSSR count). The number of hydrogen-bond donors (Lipinski definition) is 1. The maximum Gasteiger partial charge on any atom is 0.261 e. The first kappa shape index (κ1) is 49.5. The second kappa shape index (κ2) is 23.1. The van der Waals surface area contributed by atoms with Crippen LogP contribution in [-0.2, 0) is 5.41 Å². The Morgan fingerprint density at radius 1 is 0.418 bits per heavy atom. The van der Waals surface area contributed by atoms with Gasteiger partial charge in [-0.3, -0.25) is 0 Å². The van der Waals surface area contributed by atoms with Gasteiger partial charge >= 0.3 is 0 Å². The van der Waals surface area contributed by atoms with E-state index in [2.05, 4.69) is 26.0 Å². The molecule has 6 heteroatoms. The van der Waals surface area contributed by atoms with Crippen LogP contribution in [-0.4, -0.2) is 23.6 Å². The van der Waals surface area contributed by atoms with E-state index in [0.29, 0.717) is 36.1 Å². The largest absolute Gasteiger partial charge is 0.508 e. The van der Waals surface area contributed by atoms with Crippen molar-refractivity contribution in [2.24, 2.45) is 0 Å². The summed E-state index contributed by atoms with van der Waals surface area (Å²) in [5, 5.41) is 9.82. The number of alkyl halides is 4. The smallest absolute Gasteiger partial charge is 0.261 e. The lowest BCUT2D eigenvalue weighted by atomic mass is 9.66. The van der Waals surface area contributed by atoms with Crippen molar-refractivity contribution in [2.75, 3.05) is 6.61 Å². The average Bonchev–Trinajstić information content (AvgIpc) is 3.62. The van der Waals surface area contributed by atoms with E-state index in [1.165, 1.54) is 32.1 Å². The Labute approximate surface area is 397 Å². The number of fused-ring (bicyclic) bond motifs is 3. The van der Waals surface area contributed by atoms with E-state index < -0.39 is 36.5 Å². The predicted molar refractivity (Wildman–Crippen MR) is 272 cm³/mol. The molecule has 0 radical (unpaired) electrons. The fourth-order valence-corrected chi connectivity index (χ4v) is 10.1. The van der Waals surface area contributed by atoms with Crippen molar-refractivity contribution in [3.63, 3.8) is 0 Å². The zero-order valence-electron chi connectivity index (χ0n) is 40.0. The van der Waals surface area contributed by atoms with Crippen molar-refractivity contribution in [3.05, 3.63) is 145 Å². The fourth-order valence-electron chi connectivity index (χ4n) is 10.1. The van der Waals surface area contributed by atoms with Crippen molar-refractivity contribution < 1.29 is 27.4 Å². The maximum atomic E-state index is 18.0. The van der Waals surface area contributed by atoms with Crippen LogP contribution in [0.5, 0.6) is 11.5 Å². The molecule has 2 nitrogen and oxygen atoms in total. The van der Waals surface area contributed by atoms with Crippen LogP contribution in [0.25, 0.3) is 55.6 Å². The summed E-state index contributed by atoms with van der Waals surface area (Å²) in [6.07, 6.45) is 11.7. The minimum atomic E-state index is -3.49. The number of phenolic OH excluding ortho intramolecular Hbond substituents is 1. The summed E-state index contributed by atoms with van der Waals surface area (Å²) in [6.45, 7) is 7.05. The van der Waals surface area contributed by atoms with E-state index >= 15 is 17.6 Å². The van der Waals surface area contributed by atoms with Crippen molar-refractivity contribution in [1.82, 2.24) is 0 Å². The SMILES string of the molecule is CCCCCCCCOc1ccc(-c2ccc(-c3ccc4c(c3)C(CC(F)(F)CCCCCC)(C(F)(F)CCCCCCC)c3cc(-c5ccc(-c6ccc(O)cc6)cc5)ccc3-4)cc2)cc1. The second-order valence-corrected chi connectivity index (χ2v) is 19.0. The number of aromatic hydroxyl groups is 1. The Kier molecular flexibility index (Phi) is 17.1. The number of unbranched alkanes of at least 4 members (excludes halogenated alkanes) is 12. The van der Waals surface area contributed by atoms with Crippen molar-refractivity contribution in [1.29, 1.82) is 0 Å². The van der Waals surface area contributed by atoms with Gasteiger partial charge in [-0.2, -0.15) is 0 Å². The molecule has 67 heavy (non-hydrogen) atoms. The third-order valence-corrected chi connectivity index (χ3v) is 14.0. The molecule has 0 saturated heterocycles. The Balaban J connectivity index is 1.25. The summed E-state index contributed by atoms with van der Waals surface area (Å²) in [4.78, 5) is 0. The van der Waals surface area contributed by atoms with E-state index in [-0.39, 0.29) is 29.7 Å². The van der Waals surface area contributed by atoms with Gasteiger partial charge in [-0.25, -0.2) is 17.6 Å². The molecule has 0 fully saturated rings. The second-order valence-electron chi connectivity index (χ2n) is 19.0. The lowest BCUT2D eigenvalue weighted by Gasteiger charge is -2.42. The summed E-state index contributed by atoms with van der Waals surface area (Å²) in [5.74, 6) is -5.80. The maximum absolute atomic E-state index is 18.0. The van der Waals surface area contributed by atoms with E-state index in [9.17, 15) is 5.11 Å². The molecule has 1 N–H and O–H groups in total. The third-order valence-electron chi connectivity index (χ3n) is 14.0. The number of phenols is 1. The Hall–Kier alpha value is -5.36. The van der Waals surface area contributed by atoms with Crippen LogP contribution in [0.3, 0.4) is 0 Å². The van der Waals surface area contributed by atoms with Gasteiger partial charge in [-0.1, -0.05) is 195 Å². The summed E-state index contributed by atoms with van der Waals surface area (Å²) >= 11 is 0. The molecule has 0 bridgehead atoms. The highest BCUT2D eigenvalue weighted by atomic mass is 19.3. The van der Waals surface area contributed by atoms with E-state index in [4.69, 9.17) is 4.74 Å². The van der Waals surface area contributed by atoms with E-state index in [1.807, 2.05) is 104 Å². The standard InChI is InChI=1S/C61H70F4O2/c1-4-7-10-13-15-18-41-67-54-35-29-48(30-36-54)46-21-25-50(26-22-46)52-32-38-56-55-37-31-51(49-23-19-45(20-24-49)47-27-33-53(66)34-28-47)42-57(55)60(58(56)43-52,44-59(62,63)39-16-12-9-6-3)61(64,65)40-17-14-11-8-5-2/h19-38,42-43,66H,4-18,39-41,44H2,1-3H3. The van der Waals surface area contributed by atoms with Crippen LogP contribution in [0.2, 0.25) is 0 Å². The van der Waals surface area contributed by atoms with E-state index in [0.717, 1.165) is 83.2 Å². The normalized spacial score (nSPS) is 14.6. The van der Waals surface area contributed by atoms with Crippen molar-refractivity contribution >= 4 is 0 Å². The topological polar surface area (TPSA) is 29.5 Å². The molecule has 1 aliphatic rings. The quantitative estimate of drug-likeness (QED) is 0.0434. The highest BCUT2D eigenvalue weighted by Gasteiger charge is 2.63.